The predicted molar refractivity (Wildman–Crippen MR) is 132 cm³/mol. The number of nitrogens with zero attached hydrogens (tertiary/aromatic N) is 4. The standard InChI is InChI=1S/C24H25N5O2S2/c1-13-6-9-17-18(10-13)33-23-20(17)22-27-28-24(29(22)21(26-23)14-7-8-14)32-12-19(30)25-15-4-3-5-16(11-15)31-2/h3-5,11,13-14H,6-10,12H2,1-2H3,(H,25,30). The lowest BCUT2D eigenvalue weighted by molar-refractivity contribution is -0.113. The topological polar surface area (TPSA) is 81.4 Å². The van der Waals surface area contributed by atoms with Gasteiger partial charge in [-0.3, -0.25) is 9.20 Å². The first-order valence-corrected chi connectivity index (χ1v) is 13.2. The Labute approximate surface area is 200 Å². The highest BCUT2D eigenvalue weighted by atomic mass is 32.2. The number of hydrogen-bond acceptors (Lipinski definition) is 7. The molecule has 1 unspecified atom stereocenters. The number of carbonyl (C=O) groups is 1. The Hall–Kier alpha value is -2.65. The van der Waals surface area contributed by atoms with Gasteiger partial charge < -0.3 is 10.1 Å². The Kier molecular flexibility index (Phi) is 5.25. The Morgan fingerprint density at radius 1 is 1.30 bits per heavy atom. The number of carbonyl (C=O) groups excluding carboxylic acids is 1. The maximum Gasteiger partial charge on any atom is 0.234 e. The van der Waals surface area contributed by atoms with E-state index in [1.165, 1.54) is 34.0 Å². The summed E-state index contributed by atoms with van der Waals surface area (Å²) in [4.78, 5) is 20.3. The van der Waals surface area contributed by atoms with Crippen LogP contribution in [0.15, 0.2) is 29.4 Å². The molecular weight excluding hydrogens is 454 g/mol. The van der Waals surface area contributed by atoms with Gasteiger partial charge in [0.15, 0.2) is 10.8 Å². The minimum atomic E-state index is -0.0890. The summed E-state index contributed by atoms with van der Waals surface area (Å²) in [5.74, 6) is 3.09. The molecule has 1 aromatic carbocycles. The predicted octanol–water partition coefficient (Wildman–Crippen LogP) is 5.08. The van der Waals surface area contributed by atoms with Gasteiger partial charge in [0.1, 0.15) is 16.4 Å². The molecule has 0 bridgehead atoms. The fourth-order valence-electron chi connectivity index (χ4n) is 4.58. The van der Waals surface area contributed by atoms with Gasteiger partial charge in [-0.1, -0.05) is 24.8 Å². The maximum absolute atomic E-state index is 12.6. The van der Waals surface area contributed by atoms with E-state index in [2.05, 4.69) is 26.8 Å². The second-order valence-electron chi connectivity index (χ2n) is 8.99. The molecular formula is C24H25N5O2S2. The van der Waals surface area contributed by atoms with E-state index in [0.717, 1.165) is 53.1 Å². The van der Waals surface area contributed by atoms with E-state index in [1.54, 1.807) is 7.11 Å². The molecule has 1 atom stereocenters. The average Bonchev–Trinajstić information content (AvgIpc) is 3.47. The molecule has 3 aromatic heterocycles. The molecule has 0 radical (unpaired) electrons. The highest BCUT2D eigenvalue weighted by molar-refractivity contribution is 7.99. The summed E-state index contributed by atoms with van der Waals surface area (Å²) in [5, 5.41) is 14.0. The maximum atomic E-state index is 12.6. The van der Waals surface area contributed by atoms with Gasteiger partial charge >= 0.3 is 0 Å². The van der Waals surface area contributed by atoms with Crippen molar-refractivity contribution in [1.82, 2.24) is 19.6 Å². The van der Waals surface area contributed by atoms with E-state index >= 15 is 0 Å². The number of aromatic nitrogens is 4. The zero-order valence-corrected chi connectivity index (χ0v) is 20.3. The van der Waals surface area contributed by atoms with Crippen LogP contribution in [0, 0.1) is 5.92 Å². The first-order valence-electron chi connectivity index (χ1n) is 11.4. The molecule has 170 valence electrons. The SMILES string of the molecule is COc1cccc(NC(=O)CSc2nnc3c4c5c(sc4nc(C4CC4)n23)CC(C)CC5)c1. The van der Waals surface area contributed by atoms with Crippen LogP contribution in [0.5, 0.6) is 5.75 Å². The van der Waals surface area contributed by atoms with Crippen LogP contribution in [0.25, 0.3) is 15.9 Å². The monoisotopic (exact) mass is 479 g/mol. The summed E-state index contributed by atoms with van der Waals surface area (Å²) < 4.78 is 7.35. The minimum absolute atomic E-state index is 0.0890. The van der Waals surface area contributed by atoms with Crippen molar-refractivity contribution in [3.63, 3.8) is 0 Å². The fraction of sp³-hybridized carbons (Fsp3) is 0.417. The van der Waals surface area contributed by atoms with Crippen LogP contribution >= 0.6 is 23.1 Å². The van der Waals surface area contributed by atoms with Crippen molar-refractivity contribution >= 4 is 50.6 Å². The van der Waals surface area contributed by atoms with Crippen LogP contribution in [0.1, 0.15) is 48.4 Å². The molecule has 0 spiro atoms. The number of amides is 1. The molecule has 1 amide bonds. The van der Waals surface area contributed by atoms with Crippen molar-refractivity contribution in [2.24, 2.45) is 5.92 Å². The smallest absolute Gasteiger partial charge is 0.234 e. The van der Waals surface area contributed by atoms with Crippen LogP contribution in [-0.2, 0) is 17.6 Å². The van der Waals surface area contributed by atoms with E-state index in [-0.39, 0.29) is 11.7 Å². The summed E-state index contributed by atoms with van der Waals surface area (Å²) in [6, 6.07) is 7.36. The quantitative estimate of drug-likeness (QED) is 0.389. The van der Waals surface area contributed by atoms with Gasteiger partial charge in [-0.15, -0.1) is 21.5 Å². The number of benzene rings is 1. The van der Waals surface area contributed by atoms with Crippen molar-refractivity contribution in [2.45, 2.75) is 50.1 Å². The Morgan fingerprint density at radius 3 is 3.00 bits per heavy atom. The molecule has 1 N–H and O–H groups in total. The molecule has 7 nitrogen and oxygen atoms in total. The lowest BCUT2D eigenvalue weighted by atomic mass is 9.89. The third-order valence-corrected chi connectivity index (χ3v) is 8.50. The zero-order chi connectivity index (χ0) is 22.5. The minimum Gasteiger partial charge on any atom is -0.497 e. The molecule has 6 rings (SSSR count). The van der Waals surface area contributed by atoms with Crippen molar-refractivity contribution in [3.05, 3.63) is 40.5 Å². The molecule has 4 aromatic rings. The van der Waals surface area contributed by atoms with E-state index in [0.29, 0.717) is 17.4 Å². The second kappa shape index (κ2) is 8.29. The van der Waals surface area contributed by atoms with Gasteiger partial charge in [-0.25, -0.2) is 4.98 Å². The third kappa shape index (κ3) is 3.87. The first-order chi connectivity index (χ1) is 16.1. The second-order valence-corrected chi connectivity index (χ2v) is 11.0. The lowest BCUT2D eigenvalue weighted by Crippen LogP contribution is -2.14. The molecule has 0 saturated heterocycles. The number of nitrogens with one attached hydrogen (secondary N) is 1. The molecule has 33 heavy (non-hydrogen) atoms. The van der Waals surface area contributed by atoms with Crippen LogP contribution in [0.3, 0.4) is 0 Å². The Balaban J connectivity index is 1.31. The van der Waals surface area contributed by atoms with E-state index in [9.17, 15) is 4.79 Å². The summed E-state index contributed by atoms with van der Waals surface area (Å²) in [6.07, 6.45) is 5.70. The van der Waals surface area contributed by atoms with E-state index in [1.807, 2.05) is 35.6 Å². The summed E-state index contributed by atoms with van der Waals surface area (Å²) in [7, 11) is 1.61. The molecule has 1 saturated carbocycles. The zero-order valence-electron chi connectivity index (χ0n) is 18.6. The molecule has 1 fully saturated rings. The van der Waals surface area contributed by atoms with Crippen LogP contribution in [-0.4, -0.2) is 38.4 Å². The largest absolute Gasteiger partial charge is 0.497 e. The van der Waals surface area contributed by atoms with Crippen molar-refractivity contribution in [3.8, 4) is 5.75 Å². The van der Waals surface area contributed by atoms with Crippen LogP contribution < -0.4 is 10.1 Å². The summed E-state index contributed by atoms with van der Waals surface area (Å²) in [6.45, 7) is 2.33. The van der Waals surface area contributed by atoms with Crippen LogP contribution in [0.4, 0.5) is 5.69 Å². The van der Waals surface area contributed by atoms with E-state index in [4.69, 9.17) is 9.72 Å². The van der Waals surface area contributed by atoms with Gasteiger partial charge in [-0.05, 0) is 55.7 Å². The fourth-order valence-corrected chi connectivity index (χ4v) is 6.70. The first kappa shape index (κ1) is 20.9. The lowest BCUT2D eigenvalue weighted by Gasteiger charge is -2.17. The van der Waals surface area contributed by atoms with Gasteiger partial charge in [0.05, 0.1) is 18.2 Å². The van der Waals surface area contributed by atoms with Crippen molar-refractivity contribution in [2.75, 3.05) is 18.2 Å². The molecule has 0 aliphatic heterocycles. The molecule has 2 aliphatic rings. The van der Waals surface area contributed by atoms with Gasteiger partial charge in [0.2, 0.25) is 5.91 Å². The number of anilines is 1. The number of fused-ring (bicyclic) bond motifs is 5. The number of methoxy groups -OCH3 is 1. The molecule has 3 heterocycles. The average molecular weight is 480 g/mol. The van der Waals surface area contributed by atoms with E-state index < -0.39 is 0 Å². The number of hydrogen-bond donors (Lipinski definition) is 1. The molecule has 2 aliphatic carbocycles. The number of thiophene rings is 1. The highest BCUT2D eigenvalue weighted by Crippen LogP contribution is 2.44. The van der Waals surface area contributed by atoms with Crippen molar-refractivity contribution < 1.29 is 9.53 Å². The van der Waals surface area contributed by atoms with Gasteiger partial charge in [0, 0.05) is 22.5 Å². The number of aryl methyl sites for hydroxylation is 1. The van der Waals surface area contributed by atoms with Crippen LogP contribution in [0.2, 0.25) is 0 Å². The van der Waals surface area contributed by atoms with Gasteiger partial charge in [0.25, 0.3) is 0 Å². The summed E-state index contributed by atoms with van der Waals surface area (Å²) in [5.41, 5.74) is 3.03. The Morgan fingerprint density at radius 2 is 2.18 bits per heavy atom. The normalized spacial score (nSPS) is 17.9. The van der Waals surface area contributed by atoms with Crippen molar-refractivity contribution in [1.29, 1.82) is 0 Å². The highest BCUT2D eigenvalue weighted by Gasteiger charge is 2.32. The number of ether oxygens (including phenoxy) is 1. The van der Waals surface area contributed by atoms with Gasteiger partial charge in [-0.2, -0.15) is 0 Å². The molecule has 9 heteroatoms. The number of rotatable bonds is 6. The summed E-state index contributed by atoms with van der Waals surface area (Å²) >= 11 is 3.25. The Bertz CT molecular complexity index is 1370. The number of thioether (sulfide) groups is 1. The third-order valence-electron chi connectivity index (χ3n) is 6.42.